The van der Waals surface area contributed by atoms with E-state index in [-0.39, 0.29) is 11.3 Å². The average Bonchev–Trinajstić information content (AvgIpc) is 2.81. The van der Waals surface area contributed by atoms with E-state index in [1.807, 2.05) is 38.1 Å². The molecule has 0 amide bonds. The molecule has 2 unspecified atom stereocenters. The Kier molecular flexibility index (Phi) is 4.79. The van der Waals surface area contributed by atoms with Crippen molar-refractivity contribution < 1.29 is 4.74 Å². The van der Waals surface area contributed by atoms with Crippen LogP contribution >= 0.6 is 23.1 Å². The molecular weight excluding hydrogens is 278 g/mol. The Hall–Kier alpha value is -1.11. The van der Waals surface area contributed by atoms with Crippen molar-refractivity contribution >= 4 is 23.1 Å². The molecule has 0 bridgehead atoms. The quantitative estimate of drug-likeness (QED) is 0.859. The third-order valence-corrected chi connectivity index (χ3v) is 5.05. The number of nitrogens with zero attached hydrogens (tertiary/aromatic N) is 2. The van der Waals surface area contributed by atoms with Gasteiger partial charge in [-0.1, -0.05) is 41.3 Å². The lowest BCUT2D eigenvalue weighted by Crippen LogP contribution is -2.23. The summed E-state index contributed by atoms with van der Waals surface area (Å²) in [6, 6.07) is 7.95. The van der Waals surface area contributed by atoms with Crippen LogP contribution in [0.1, 0.15) is 22.7 Å². The third-order valence-electron chi connectivity index (χ3n) is 2.66. The van der Waals surface area contributed by atoms with Crippen molar-refractivity contribution in [3.8, 4) is 5.75 Å². The predicted octanol–water partition coefficient (Wildman–Crippen LogP) is 3.04. The van der Waals surface area contributed by atoms with Crippen molar-refractivity contribution in [3.05, 3.63) is 34.8 Å². The minimum absolute atomic E-state index is 0.00879. The zero-order valence-electron chi connectivity index (χ0n) is 11.2. The molecule has 2 atom stereocenters. The van der Waals surface area contributed by atoms with Gasteiger partial charge in [-0.2, -0.15) is 0 Å². The Morgan fingerprint density at radius 3 is 2.63 bits per heavy atom. The van der Waals surface area contributed by atoms with Gasteiger partial charge in [-0.05, 0) is 19.9 Å². The van der Waals surface area contributed by atoms with Gasteiger partial charge >= 0.3 is 0 Å². The first-order chi connectivity index (χ1) is 9.11. The molecule has 2 N–H and O–H groups in total. The van der Waals surface area contributed by atoms with E-state index in [1.54, 1.807) is 30.2 Å². The molecule has 0 radical (unpaired) electrons. The summed E-state index contributed by atoms with van der Waals surface area (Å²) in [6.07, 6.45) is 0. The van der Waals surface area contributed by atoms with Crippen LogP contribution in [0.15, 0.2) is 28.6 Å². The fourth-order valence-corrected chi connectivity index (χ4v) is 3.91. The van der Waals surface area contributed by atoms with E-state index in [0.29, 0.717) is 0 Å². The molecular formula is C13H17N3OS2. The van der Waals surface area contributed by atoms with E-state index in [2.05, 4.69) is 10.2 Å². The van der Waals surface area contributed by atoms with Gasteiger partial charge in [0.05, 0.1) is 12.4 Å². The minimum atomic E-state index is -0.00879. The molecule has 6 heteroatoms. The molecule has 1 aromatic heterocycles. The molecule has 0 aliphatic heterocycles. The highest BCUT2D eigenvalue weighted by molar-refractivity contribution is 8.01. The molecule has 0 aliphatic rings. The molecule has 1 aromatic carbocycles. The Balaban J connectivity index is 2.29. The topological polar surface area (TPSA) is 61.0 Å². The van der Waals surface area contributed by atoms with Crippen LogP contribution in [0.3, 0.4) is 0 Å². The predicted molar refractivity (Wildman–Crippen MR) is 79.9 cm³/mol. The molecule has 0 spiro atoms. The summed E-state index contributed by atoms with van der Waals surface area (Å²) in [4.78, 5) is 0. The summed E-state index contributed by atoms with van der Waals surface area (Å²) < 4.78 is 6.35. The number of hydrogen-bond donors (Lipinski definition) is 1. The molecule has 19 heavy (non-hydrogen) atoms. The van der Waals surface area contributed by atoms with E-state index in [1.165, 1.54) is 0 Å². The largest absolute Gasteiger partial charge is 0.496 e. The molecule has 0 saturated carbocycles. The number of hydrogen-bond acceptors (Lipinski definition) is 6. The first-order valence-corrected chi connectivity index (χ1v) is 7.66. The fraction of sp³-hybridized carbons (Fsp3) is 0.385. The molecule has 2 aromatic rings. The normalized spacial score (nSPS) is 14.1. The Morgan fingerprint density at radius 2 is 2.05 bits per heavy atom. The first-order valence-electron chi connectivity index (χ1n) is 5.97. The van der Waals surface area contributed by atoms with Crippen molar-refractivity contribution in [1.82, 2.24) is 10.2 Å². The smallest absolute Gasteiger partial charge is 0.174 e. The highest BCUT2D eigenvalue weighted by atomic mass is 32.2. The Labute approximate surface area is 121 Å². The van der Waals surface area contributed by atoms with Crippen LogP contribution in [0.25, 0.3) is 0 Å². The number of benzene rings is 1. The monoisotopic (exact) mass is 295 g/mol. The van der Waals surface area contributed by atoms with E-state index in [4.69, 9.17) is 10.5 Å². The zero-order valence-corrected chi connectivity index (χ0v) is 12.8. The van der Waals surface area contributed by atoms with Crippen molar-refractivity contribution in [2.24, 2.45) is 5.73 Å². The van der Waals surface area contributed by atoms with E-state index < -0.39 is 0 Å². The van der Waals surface area contributed by atoms with Crippen LogP contribution in [0.2, 0.25) is 0 Å². The summed E-state index contributed by atoms with van der Waals surface area (Å²) >= 11 is 3.23. The minimum Gasteiger partial charge on any atom is -0.496 e. The number of para-hydroxylation sites is 1. The lowest BCUT2D eigenvalue weighted by Gasteiger charge is -2.21. The van der Waals surface area contributed by atoms with Gasteiger partial charge in [0.2, 0.25) is 0 Å². The number of ether oxygens (including phenoxy) is 1. The maximum atomic E-state index is 6.13. The maximum absolute atomic E-state index is 6.13. The summed E-state index contributed by atoms with van der Waals surface area (Å²) in [7, 11) is 1.68. The van der Waals surface area contributed by atoms with E-state index in [0.717, 1.165) is 20.7 Å². The van der Waals surface area contributed by atoms with Crippen molar-refractivity contribution in [2.75, 3.05) is 7.11 Å². The van der Waals surface area contributed by atoms with Gasteiger partial charge < -0.3 is 10.5 Å². The van der Waals surface area contributed by atoms with Gasteiger partial charge in [0.15, 0.2) is 4.34 Å². The number of methoxy groups -OCH3 is 1. The first kappa shape index (κ1) is 14.3. The maximum Gasteiger partial charge on any atom is 0.174 e. The van der Waals surface area contributed by atoms with Crippen LogP contribution in [0.5, 0.6) is 5.75 Å². The van der Waals surface area contributed by atoms with Crippen LogP contribution < -0.4 is 10.5 Å². The number of rotatable bonds is 5. The summed E-state index contributed by atoms with van der Waals surface area (Å²) in [5.41, 5.74) is 7.22. The molecule has 1 heterocycles. The molecule has 102 valence electrons. The second-order valence-electron chi connectivity index (χ2n) is 4.23. The van der Waals surface area contributed by atoms with Gasteiger partial charge in [-0.15, -0.1) is 10.2 Å². The molecule has 0 aliphatic carbocycles. The fourth-order valence-electron chi connectivity index (χ4n) is 1.79. The van der Waals surface area contributed by atoms with Gasteiger partial charge in [-0.3, -0.25) is 0 Å². The van der Waals surface area contributed by atoms with E-state index >= 15 is 0 Å². The molecule has 2 rings (SSSR count). The van der Waals surface area contributed by atoms with Gasteiger partial charge in [-0.25, -0.2) is 0 Å². The zero-order chi connectivity index (χ0) is 13.8. The van der Waals surface area contributed by atoms with Crippen LogP contribution in [-0.4, -0.2) is 23.3 Å². The van der Waals surface area contributed by atoms with Crippen molar-refractivity contribution in [3.63, 3.8) is 0 Å². The summed E-state index contributed by atoms with van der Waals surface area (Å²) in [6.45, 7) is 3.95. The summed E-state index contributed by atoms with van der Waals surface area (Å²) in [5.74, 6) is 0.860. The lowest BCUT2D eigenvalue weighted by molar-refractivity contribution is 0.408. The van der Waals surface area contributed by atoms with Crippen LogP contribution in [0.4, 0.5) is 0 Å². The third kappa shape index (κ3) is 3.46. The number of aryl methyl sites for hydroxylation is 1. The van der Waals surface area contributed by atoms with Crippen molar-refractivity contribution in [1.29, 1.82) is 0 Å². The lowest BCUT2D eigenvalue weighted by atomic mass is 10.1. The van der Waals surface area contributed by atoms with Gasteiger partial charge in [0, 0.05) is 11.6 Å². The van der Waals surface area contributed by atoms with Crippen molar-refractivity contribution in [2.45, 2.75) is 29.5 Å². The van der Waals surface area contributed by atoms with Crippen LogP contribution in [0, 0.1) is 6.92 Å². The Bertz CT molecular complexity index is 542. The van der Waals surface area contributed by atoms with Crippen LogP contribution in [-0.2, 0) is 0 Å². The average molecular weight is 295 g/mol. The number of nitrogens with two attached hydrogens (primary N) is 1. The molecule has 0 fully saturated rings. The molecule has 0 saturated heterocycles. The highest BCUT2D eigenvalue weighted by Gasteiger charge is 2.22. The standard InChI is InChI=1S/C13H17N3OS2/c1-8(14)12(19-13-16-15-9(2)18-13)10-6-4-5-7-11(10)17-3/h4-8,12H,14H2,1-3H3. The Morgan fingerprint density at radius 1 is 1.32 bits per heavy atom. The van der Waals surface area contributed by atoms with Gasteiger partial charge in [0.1, 0.15) is 10.8 Å². The SMILES string of the molecule is COc1ccccc1C(Sc1nnc(C)s1)C(C)N. The number of aromatic nitrogens is 2. The van der Waals surface area contributed by atoms with E-state index in [9.17, 15) is 0 Å². The van der Waals surface area contributed by atoms with Gasteiger partial charge in [0.25, 0.3) is 0 Å². The second-order valence-corrected chi connectivity index (χ2v) is 6.80. The highest BCUT2D eigenvalue weighted by Crippen LogP contribution is 2.41. The number of thioether (sulfide) groups is 1. The summed E-state index contributed by atoms with van der Waals surface area (Å²) in [5, 5.41) is 9.26. The molecule has 4 nitrogen and oxygen atoms in total. The second kappa shape index (κ2) is 6.36.